The van der Waals surface area contributed by atoms with E-state index in [2.05, 4.69) is 55.8 Å². The first-order valence-corrected chi connectivity index (χ1v) is 37.4. The van der Waals surface area contributed by atoms with Crippen molar-refractivity contribution in [1.82, 2.24) is 39.9 Å². The number of nitro groups is 3. The summed E-state index contributed by atoms with van der Waals surface area (Å²) >= 11 is 28.2. The maximum absolute atomic E-state index is 10.9. The van der Waals surface area contributed by atoms with Gasteiger partial charge in [-0.1, -0.05) is 131 Å². The van der Waals surface area contributed by atoms with Gasteiger partial charge in [-0.15, -0.1) is 0 Å². The summed E-state index contributed by atoms with van der Waals surface area (Å²) in [5.74, 6) is 2.36. The number of nitrogens with two attached hydrogens (primary N) is 6. The summed E-state index contributed by atoms with van der Waals surface area (Å²) in [6, 6.07) is 45.4. The molecule has 0 atom stereocenters. The second kappa shape index (κ2) is 40.4. The standard InChI is InChI=1S/C19H18ClN5O2.C19H20ClN5.C12H12ClN5O2.C8H10N2O2.C4H3Cl2N3.2ClH.Sn/c1-12-15(6-3-7-16(12)20)17-11-18(24-19(21)23-17)22-9-8-13-4-2-5-14(10-13)25(26)27;1-12-15(6-3-7-16(12)20)17-11-18(25-19(22)24-17)23-9-8-13-4-2-5-14(21)10-13;13-10-7-11(17-12(14)16-10)15-5-4-8-2-1-3-9(6-8)18(19)20;9-5-4-7-2-1-3-8(6-7)10(11)12;5-2-1-3(6)9-4(7)8-2;;;/h2-7,10-11H,8-9H2,1H3,(H3,21,22,23,24);2-7,10-11H,8-9,21H2,1H3,(H3,22,23,24,25);1-3,6-7H,4-5H2,(H3,14,15,16,17);1-3,6H,4-5,9H2;1H,(H2,7,8,9);2*1H;/q;;;;;;;+2/p-2. The average Bonchev–Trinajstić information content (AvgIpc) is 0.840. The molecule has 26 nitrogen and oxygen atoms in total. The van der Waals surface area contributed by atoms with Gasteiger partial charge in [-0.05, 0) is 104 Å². The van der Waals surface area contributed by atoms with E-state index in [1.807, 2.05) is 105 Å². The Labute approximate surface area is 594 Å². The van der Waals surface area contributed by atoms with E-state index in [4.69, 9.17) is 110 Å². The zero-order valence-corrected chi connectivity index (χ0v) is 59.3. The number of nitrogens with one attached hydrogen (secondary N) is 3. The molecule has 10 rings (SSSR count). The Morgan fingerprint density at radius 2 is 0.719 bits per heavy atom. The van der Waals surface area contributed by atoms with Crippen molar-refractivity contribution in [2.75, 3.05) is 70.8 Å². The summed E-state index contributed by atoms with van der Waals surface area (Å²) < 4.78 is 0. The van der Waals surface area contributed by atoms with Gasteiger partial charge in [-0.25, -0.2) is 24.9 Å². The van der Waals surface area contributed by atoms with E-state index in [0.717, 1.165) is 56.7 Å². The zero-order chi connectivity index (χ0) is 70.3. The van der Waals surface area contributed by atoms with E-state index < -0.39 is 33.7 Å². The van der Waals surface area contributed by atoms with Crippen molar-refractivity contribution in [3.8, 4) is 22.5 Å². The number of nitrogen functional groups attached to an aromatic ring is 5. The van der Waals surface area contributed by atoms with Crippen molar-refractivity contribution in [1.29, 1.82) is 0 Å². The van der Waals surface area contributed by atoms with Crippen molar-refractivity contribution in [3.63, 3.8) is 0 Å². The number of nitrogens with zero attached hydrogens (tertiary/aromatic N) is 11. The van der Waals surface area contributed by atoms with Gasteiger partial charge in [0.2, 0.25) is 23.8 Å². The Kier molecular flexibility index (Phi) is 32.7. The summed E-state index contributed by atoms with van der Waals surface area (Å²) in [4.78, 5) is 62.6. The van der Waals surface area contributed by atoms with Gasteiger partial charge in [-0.3, -0.25) is 30.3 Å². The number of benzene rings is 6. The number of aromatic nitrogens is 8. The molecule has 0 saturated heterocycles. The van der Waals surface area contributed by atoms with Crippen LogP contribution in [0, 0.1) is 44.2 Å². The SMILES string of the molecule is Cc1c(Cl)cccc1-c1cc(NCCc2cccc(N)c2)nc(N)n1.Cc1c(Cl)cccc1-c1cc(NCCc2cccc([N+](=O)[O-])c2)nc(N)n1.NCCc1cccc([N+](=O)[O-])c1.Nc1nc(Cl)cc(Cl)n1.Nc1nc(Cl)cc(NCCc2cccc([N+](=O)[O-])c2)n1.[Cl][Sn][Cl]. The maximum atomic E-state index is 10.9. The van der Waals surface area contributed by atoms with E-state index in [1.165, 1.54) is 29.8 Å². The third-order valence-corrected chi connectivity index (χ3v) is 14.3. The van der Waals surface area contributed by atoms with Crippen LogP contribution in [0.5, 0.6) is 0 Å². The number of hydrogen-bond acceptors (Lipinski definition) is 23. The molecule has 0 spiro atoms. The molecule has 96 heavy (non-hydrogen) atoms. The Morgan fingerprint density at radius 3 is 1.06 bits per heavy atom. The van der Waals surface area contributed by atoms with Crippen LogP contribution in [0.25, 0.3) is 22.5 Å². The van der Waals surface area contributed by atoms with E-state index in [-0.39, 0.29) is 56.3 Å². The van der Waals surface area contributed by atoms with Crippen molar-refractivity contribution in [2.24, 2.45) is 5.73 Å². The van der Waals surface area contributed by atoms with Gasteiger partial charge in [0.05, 0.1) is 26.2 Å². The summed E-state index contributed by atoms with van der Waals surface area (Å²) in [5, 5.41) is 43.5. The molecule has 0 aliphatic heterocycles. The summed E-state index contributed by atoms with van der Waals surface area (Å²) in [7, 11) is 9.87. The van der Waals surface area contributed by atoms with Crippen LogP contribution in [-0.4, -0.2) is 99.7 Å². The van der Waals surface area contributed by atoms with Crippen LogP contribution in [0.4, 0.5) is 64.0 Å². The number of rotatable bonds is 19. The number of anilines is 8. The summed E-state index contributed by atoms with van der Waals surface area (Å²) in [6.07, 6.45) is 2.74. The van der Waals surface area contributed by atoms with Crippen LogP contribution >= 0.6 is 75.8 Å². The van der Waals surface area contributed by atoms with Crippen LogP contribution in [0.1, 0.15) is 33.4 Å². The molecule has 6 aromatic carbocycles. The van der Waals surface area contributed by atoms with Crippen molar-refractivity contribution in [3.05, 3.63) is 247 Å². The minimum absolute atomic E-state index is 0.0804. The summed E-state index contributed by atoms with van der Waals surface area (Å²) in [6.45, 7) is 6.21. The Balaban J connectivity index is 0.000000224. The second-order valence-corrected chi connectivity index (χ2v) is 26.0. The first-order valence-electron chi connectivity index (χ1n) is 28.3. The van der Waals surface area contributed by atoms with Gasteiger partial charge in [0, 0.05) is 107 Å². The van der Waals surface area contributed by atoms with Crippen LogP contribution in [0.2, 0.25) is 25.5 Å². The predicted molar refractivity (Wildman–Crippen MR) is 388 cm³/mol. The van der Waals surface area contributed by atoms with E-state index in [0.29, 0.717) is 78.6 Å². The molecule has 34 heteroatoms. The van der Waals surface area contributed by atoms with Crippen molar-refractivity contribution in [2.45, 2.75) is 39.5 Å². The normalized spacial score (nSPS) is 10.2. The molecule has 0 aliphatic carbocycles. The molecule has 0 bridgehead atoms. The summed E-state index contributed by atoms with van der Waals surface area (Å²) in [5.41, 5.74) is 43.5. The fourth-order valence-corrected chi connectivity index (χ4v) is 9.46. The van der Waals surface area contributed by atoms with Crippen LogP contribution in [-0.2, 0) is 25.7 Å². The van der Waals surface area contributed by atoms with E-state index in [1.54, 1.807) is 42.5 Å². The molecule has 500 valence electrons. The van der Waals surface area contributed by atoms with Gasteiger partial charge in [0.15, 0.2) is 0 Å². The molecular formula is C62H63Cl7N20O6Sn. The molecule has 15 N–H and O–H groups in total. The molecule has 10 aromatic rings. The number of hydrogen-bond donors (Lipinski definition) is 9. The van der Waals surface area contributed by atoms with Gasteiger partial charge < -0.3 is 50.4 Å². The molecule has 0 fully saturated rings. The number of halogens is 7. The molecule has 4 aromatic heterocycles. The first kappa shape index (κ1) is 77.7. The molecule has 4 heterocycles. The van der Waals surface area contributed by atoms with Crippen LogP contribution in [0.3, 0.4) is 0 Å². The Morgan fingerprint density at radius 1 is 0.406 bits per heavy atom. The van der Waals surface area contributed by atoms with E-state index in [9.17, 15) is 30.3 Å². The third-order valence-electron chi connectivity index (χ3n) is 12.9. The first-order chi connectivity index (χ1) is 45.8. The van der Waals surface area contributed by atoms with Crippen molar-refractivity contribution < 1.29 is 14.8 Å². The molecule has 0 saturated carbocycles. The Bertz CT molecular complexity index is 4160. The fourth-order valence-electron chi connectivity index (χ4n) is 8.49. The third kappa shape index (κ3) is 27.4. The van der Waals surface area contributed by atoms with E-state index >= 15 is 0 Å². The minimum atomic E-state index is -0.826. The molecule has 0 amide bonds. The fraction of sp³-hybridized carbons (Fsp3) is 0.161. The second-order valence-electron chi connectivity index (χ2n) is 19.8. The monoisotopic (exact) mass is 1550 g/mol. The molecular weight excluding hydrogens is 1490 g/mol. The quantitative estimate of drug-likeness (QED) is 0.0119. The molecule has 2 radical (unpaired) electrons. The zero-order valence-electron chi connectivity index (χ0n) is 51.1. The number of nitro benzene ring substituents is 3. The van der Waals surface area contributed by atoms with Gasteiger partial charge >= 0.3 is 36.7 Å². The van der Waals surface area contributed by atoms with Crippen molar-refractivity contribution >= 4 is 159 Å². The van der Waals surface area contributed by atoms with Gasteiger partial charge in [-0.2, -0.15) is 15.0 Å². The average molecular weight is 1550 g/mol. The molecule has 0 unspecified atom stereocenters. The Hall–Kier alpha value is -8.97. The van der Waals surface area contributed by atoms with Crippen LogP contribution in [0.15, 0.2) is 158 Å². The topological polar surface area (TPSA) is 425 Å². The number of non-ortho nitro benzene ring substituents is 3. The molecule has 0 aliphatic rings. The van der Waals surface area contributed by atoms with Gasteiger partial charge in [0.1, 0.15) is 32.9 Å². The van der Waals surface area contributed by atoms with Crippen LogP contribution < -0.4 is 50.4 Å². The van der Waals surface area contributed by atoms with Gasteiger partial charge in [0.25, 0.3) is 17.1 Å². The predicted octanol–water partition coefficient (Wildman–Crippen LogP) is 13.9.